The summed E-state index contributed by atoms with van der Waals surface area (Å²) in [7, 11) is 0. The van der Waals surface area contributed by atoms with E-state index in [1.54, 1.807) is 0 Å². The smallest absolute Gasteiger partial charge is 0.308 e. The number of nitrogens with zero attached hydrogens (tertiary/aromatic N) is 1. The Kier molecular flexibility index (Phi) is 2.00. The lowest BCUT2D eigenvalue weighted by Gasteiger charge is -2.23. The largest absolute Gasteiger partial charge is 0.316 e. The van der Waals surface area contributed by atoms with Crippen LogP contribution in [0.1, 0.15) is 39.5 Å². The monoisotopic (exact) mass is 198 g/mol. The Morgan fingerprint density at radius 2 is 1.86 bits per heavy atom. The number of hydrogen-bond donors (Lipinski definition) is 0. The van der Waals surface area contributed by atoms with Crippen LogP contribution >= 0.6 is 0 Å². The van der Waals surface area contributed by atoms with Gasteiger partial charge in [-0.25, -0.2) is 0 Å². The van der Waals surface area contributed by atoms with Crippen molar-refractivity contribution in [1.82, 2.24) is 0 Å². The Morgan fingerprint density at radius 1 is 1.29 bits per heavy atom. The van der Waals surface area contributed by atoms with E-state index in [9.17, 15) is 9.70 Å². The van der Waals surface area contributed by atoms with E-state index in [0.29, 0.717) is 32.3 Å². The maximum absolute atomic E-state index is 12.0. The first-order chi connectivity index (χ1) is 6.46. The van der Waals surface area contributed by atoms with Crippen molar-refractivity contribution in [3.05, 3.63) is 4.91 Å². The van der Waals surface area contributed by atoms with Gasteiger partial charge in [-0.2, -0.15) is 0 Å². The number of hydrogen-bond acceptors (Lipinski definition) is 3. The Balaban J connectivity index is 2.19. The van der Waals surface area contributed by atoms with Crippen molar-refractivity contribution in [3.63, 3.8) is 0 Å². The van der Waals surface area contributed by atoms with Crippen LogP contribution in [0.25, 0.3) is 0 Å². The molecule has 1 aliphatic heterocycles. The molecule has 4 nitrogen and oxygen atoms in total. The third-order valence-electron chi connectivity index (χ3n) is 3.20. The van der Waals surface area contributed by atoms with Gasteiger partial charge in [-0.1, -0.05) is 0 Å². The summed E-state index contributed by atoms with van der Waals surface area (Å²) < 4.78 is 6.68. The first-order valence-electron chi connectivity index (χ1n) is 5.09. The number of Topliss-reactive ketones (excluding diaryl/α,β-unsaturated/α-hetero) is 1. The molecule has 14 heavy (non-hydrogen) atoms. The maximum atomic E-state index is 12.0. The molecule has 0 amide bonds. The minimum atomic E-state index is -0.697. The van der Waals surface area contributed by atoms with Crippen molar-refractivity contribution in [2.75, 3.05) is 6.61 Å². The Labute approximate surface area is 83.2 Å². The molecule has 1 saturated carbocycles. The lowest BCUT2D eigenvalue weighted by Crippen LogP contribution is -2.46. The second-order valence-electron chi connectivity index (χ2n) is 4.88. The Bertz CT molecular complexity index is 286. The molecule has 0 aromatic rings. The van der Waals surface area contributed by atoms with Crippen LogP contribution in [0, 0.1) is 4.91 Å². The van der Waals surface area contributed by atoms with Crippen LogP contribution in [0.15, 0.2) is 0 Å². The molecule has 2 aliphatic rings. The second-order valence-corrected chi connectivity index (χ2v) is 4.88. The Morgan fingerprint density at radius 3 is 2.29 bits per heavy atom. The van der Waals surface area contributed by atoms with E-state index in [4.69, 9.17) is 4.74 Å². The van der Waals surface area contributed by atoms with Crippen molar-refractivity contribution >= 4 is 5.78 Å². The average molecular weight is 198 g/mol. The van der Waals surface area contributed by atoms with E-state index < -0.39 is 11.3 Å². The molecule has 0 unspecified atom stereocenters. The molecule has 2 fully saturated rings. The molecule has 78 valence electrons. The summed E-state index contributed by atoms with van der Waals surface area (Å²) in [6.07, 6.45) is 2.07. The van der Waals surface area contributed by atoms with Gasteiger partial charge in [-0.15, -0.1) is 0 Å². The number of nitroso groups, excluding NO2 is 1. The zero-order valence-corrected chi connectivity index (χ0v) is 8.71. The zero-order chi connectivity index (χ0) is 10.4. The lowest BCUT2D eigenvalue weighted by molar-refractivity contribution is -0.688. The van der Waals surface area contributed by atoms with Gasteiger partial charge in [0, 0.05) is 36.4 Å². The lowest BCUT2D eigenvalue weighted by atomic mass is 9.90. The summed E-state index contributed by atoms with van der Waals surface area (Å²) in [4.78, 5) is 23.1. The SMILES string of the molecule is CC1(C)COC2(CCC(=O)CC2)[N+]1=O. The van der Waals surface area contributed by atoms with Crippen molar-refractivity contribution < 1.29 is 14.3 Å². The standard InChI is InChI=1S/C10H16NO3/c1-9(2)7-14-10(11(9)13)5-3-8(12)4-6-10/h3-7H2,1-2H3/q+1. The predicted octanol–water partition coefficient (Wildman–Crippen LogP) is 1.41. The fourth-order valence-corrected chi connectivity index (χ4v) is 2.25. The maximum Gasteiger partial charge on any atom is 0.316 e. The van der Waals surface area contributed by atoms with Crippen LogP contribution in [0.3, 0.4) is 0 Å². The van der Waals surface area contributed by atoms with Crippen molar-refractivity contribution in [2.24, 2.45) is 0 Å². The third kappa shape index (κ3) is 1.29. The first kappa shape index (κ1) is 9.77. The number of ketones is 1. The molecule has 4 heteroatoms. The molecule has 0 bridgehead atoms. The molecule has 1 aliphatic carbocycles. The molecule has 1 heterocycles. The van der Waals surface area contributed by atoms with E-state index in [1.165, 1.54) is 0 Å². The van der Waals surface area contributed by atoms with Crippen molar-refractivity contribution in [1.29, 1.82) is 0 Å². The third-order valence-corrected chi connectivity index (χ3v) is 3.20. The number of ether oxygens (including phenoxy) is 1. The van der Waals surface area contributed by atoms with Gasteiger partial charge in [0.15, 0.2) is 0 Å². The molecule has 0 aromatic carbocycles. The molecule has 1 saturated heterocycles. The van der Waals surface area contributed by atoms with Gasteiger partial charge >= 0.3 is 5.72 Å². The van der Waals surface area contributed by atoms with E-state index in [2.05, 4.69) is 0 Å². The quantitative estimate of drug-likeness (QED) is 0.553. The van der Waals surface area contributed by atoms with E-state index in [0.717, 1.165) is 4.76 Å². The Hall–Kier alpha value is -0.770. The normalized spacial score (nSPS) is 29.9. The second kappa shape index (κ2) is 2.86. The van der Waals surface area contributed by atoms with E-state index in [-0.39, 0.29) is 5.78 Å². The van der Waals surface area contributed by atoms with Gasteiger partial charge in [0.25, 0.3) is 0 Å². The van der Waals surface area contributed by atoms with Crippen LogP contribution in [0.4, 0.5) is 0 Å². The van der Waals surface area contributed by atoms with Gasteiger partial charge in [0.05, 0.1) is 12.8 Å². The van der Waals surface area contributed by atoms with Gasteiger partial charge in [0.2, 0.25) is 5.54 Å². The fourth-order valence-electron chi connectivity index (χ4n) is 2.25. The van der Waals surface area contributed by atoms with Gasteiger partial charge in [0.1, 0.15) is 12.4 Å². The average Bonchev–Trinajstić information content (AvgIpc) is 2.36. The zero-order valence-electron chi connectivity index (χ0n) is 8.71. The van der Waals surface area contributed by atoms with Crippen LogP contribution in [-0.2, 0) is 9.53 Å². The van der Waals surface area contributed by atoms with E-state index in [1.807, 2.05) is 13.8 Å². The molecule has 0 radical (unpaired) electrons. The molecule has 0 aromatic heterocycles. The summed E-state index contributed by atoms with van der Waals surface area (Å²) in [6.45, 7) is 4.22. The van der Waals surface area contributed by atoms with Crippen molar-refractivity contribution in [3.8, 4) is 0 Å². The van der Waals surface area contributed by atoms with Crippen LogP contribution in [0.5, 0.6) is 0 Å². The highest BCUT2D eigenvalue weighted by Gasteiger charge is 2.62. The van der Waals surface area contributed by atoms with Gasteiger partial charge in [-0.05, 0) is 0 Å². The summed E-state index contributed by atoms with van der Waals surface area (Å²) in [6, 6.07) is 0. The highest BCUT2D eigenvalue weighted by molar-refractivity contribution is 5.79. The molecular formula is C10H16NO3+. The van der Waals surface area contributed by atoms with Crippen LogP contribution in [-0.4, -0.2) is 28.4 Å². The predicted molar refractivity (Wildman–Crippen MR) is 49.9 cm³/mol. The molecular weight excluding hydrogens is 182 g/mol. The highest BCUT2D eigenvalue weighted by atomic mass is 16.6. The first-order valence-corrected chi connectivity index (χ1v) is 5.09. The van der Waals surface area contributed by atoms with Crippen molar-refractivity contribution in [2.45, 2.75) is 50.8 Å². The minimum absolute atomic E-state index is 0.248. The van der Waals surface area contributed by atoms with Gasteiger partial charge < -0.3 is 4.74 Å². The van der Waals surface area contributed by atoms with Crippen LogP contribution in [0.2, 0.25) is 0 Å². The molecule has 1 spiro atoms. The number of rotatable bonds is 0. The van der Waals surface area contributed by atoms with Crippen LogP contribution < -0.4 is 0 Å². The summed E-state index contributed by atoms with van der Waals surface area (Å²) in [5.74, 6) is 0.248. The number of carbonyl (C=O) groups is 1. The minimum Gasteiger partial charge on any atom is -0.308 e. The molecule has 0 atom stereocenters. The summed E-state index contributed by atoms with van der Waals surface area (Å²) >= 11 is 0. The summed E-state index contributed by atoms with van der Waals surface area (Å²) in [5, 5.41) is 0. The summed E-state index contributed by atoms with van der Waals surface area (Å²) in [5.41, 5.74) is -1.14. The van der Waals surface area contributed by atoms with E-state index >= 15 is 0 Å². The number of carbonyl (C=O) groups excluding carboxylic acids is 1. The van der Waals surface area contributed by atoms with Gasteiger partial charge in [-0.3, -0.25) is 4.79 Å². The highest BCUT2D eigenvalue weighted by Crippen LogP contribution is 2.39. The topological polar surface area (TPSA) is 46.4 Å². The fraction of sp³-hybridized carbons (Fsp3) is 0.900. The molecule has 2 rings (SSSR count). The molecule has 0 N–H and O–H groups in total.